The molecule has 11 heteroatoms. The molecule has 0 saturated carbocycles. The number of aliphatic hydroxyl groups excluding tert-OH is 2. The summed E-state index contributed by atoms with van der Waals surface area (Å²) < 4.78 is 22.8. The third-order valence-electron chi connectivity index (χ3n) is 5.64. The molecule has 0 aromatic carbocycles. The van der Waals surface area contributed by atoms with Gasteiger partial charge in [-0.25, -0.2) is 0 Å². The van der Waals surface area contributed by atoms with Gasteiger partial charge in [-0.1, -0.05) is 0 Å². The van der Waals surface area contributed by atoms with Crippen molar-refractivity contribution in [3.8, 4) is 0 Å². The highest BCUT2D eigenvalue weighted by molar-refractivity contribution is 5.96. The molecule has 0 spiro atoms. The number of ketones is 1. The number of carbonyl (C=O) groups excluding carboxylic acids is 2. The Hall–Kier alpha value is -1.44. The molecule has 3 fully saturated rings. The summed E-state index contributed by atoms with van der Waals surface area (Å²) in [6.07, 6.45) is -0.328. The van der Waals surface area contributed by atoms with Gasteiger partial charge < -0.3 is 39.8 Å². The number of carbonyl (C=O) groups is 2. The van der Waals surface area contributed by atoms with Crippen molar-refractivity contribution in [2.24, 2.45) is 0 Å². The van der Waals surface area contributed by atoms with Gasteiger partial charge in [0.15, 0.2) is 12.1 Å². The van der Waals surface area contributed by atoms with Crippen molar-refractivity contribution in [2.75, 3.05) is 65.8 Å². The van der Waals surface area contributed by atoms with E-state index in [1.165, 1.54) is 19.1 Å². The van der Waals surface area contributed by atoms with E-state index in [0.29, 0.717) is 19.8 Å². The second-order valence-electron chi connectivity index (χ2n) is 7.97. The van der Waals surface area contributed by atoms with Crippen molar-refractivity contribution in [2.45, 2.75) is 37.1 Å². The van der Waals surface area contributed by atoms with Crippen LogP contribution in [0.5, 0.6) is 0 Å². The van der Waals surface area contributed by atoms with Crippen LogP contribution in [0.4, 0.5) is 0 Å². The zero-order valence-corrected chi connectivity index (χ0v) is 17.8. The third kappa shape index (κ3) is 6.30. The number of piperazine rings is 1. The van der Waals surface area contributed by atoms with Crippen molar-refractivity contribution < 1.29 is 38.7 Å². The molecule has 3 aliphatic rings. The van der Waals surface area contributed by atoms with Gasteiger partial charge in [-0.3, -0.25) is 14.5 Å². The smallest absolute Gasteiger partial charge is 0.244 e. The maximum absolute atomic E-state index is 11.4. The highest BCUT2D eigenvalue weighted by atomic mass is 16.8. The summed E-state index contributed by atoms with van der Waals surface area (Å²) in [5.74, 6) is -0.549. The summed E-state index contributed by atoms with van der Waals surface area (Å²) in [5.41, 5.74) is -1.09. The molecule has 11 nitrogen and oxygen atoms in total. The SMILES string of the molecule is CC(=O)/C=C/C(=O)NCCOCCOC[C@@]12CO[C@@H](O1)[C@H](N1CCNCC1)[C@@H](O)[C@H]2O. The number of nitrogens with one attached hydrogen (secondary N) is 2. The van der Waals surface area contributed by atoms with E-state index in [1.807, 2.05) is 0 Å². The minimum atomic E-state index is -1.12. The molecule has 0 aliphatic carbocycles. The predicted octanol–water partition coefficient (Wildman–Crippen LogP) is -2.60. The van der Waals surface area contributed by atoms with Crippen LogP contribution in [0.2, 0.25) is 0 Å². The maximum atomic E-state index is 11.4. The van der Waals surface area contributed by atoms with Crippen LogP contribution >= 0.6 is 0 Å². The second kappa shape index (κ2) is 11.4. The molecule has 3 aliphatic heterocycles. The first-order valence-corrected chi connectivity index (χ1v) is 10.7. The van der Waals surface area contributed by atoms with Crippen LogP contribution < -0.4 is 10.6 Å². The Balaban J connectivity index is 1.33. The number of hydrogen-bond acceptors (Lipinski definition) is 10. The molecular formula is C20H33N3O8. The van der Waals surface area contributed by atoms with Crippen LogP contribution in [0, 0.1) is 0 Å². The quantitative estimate of drug-likeness (QED) is 0.199. The number of aliphatic hydroxyl groups is 2. The van der Waals surface area contributed by atoms with Crippen LogP contribution in [0.1, 0.15) is 6.92 Å². The van der Waals surface area contributed by atoms with Gasteiger partial charge in [0.2, 0.25) is 5.91 Å². The number of amides is 1. The normalized spacial score (nSPS) is 33.6. The molecule has 4 N–H and O–H groups in total. The molecule has 31 heavy (non-hydrogen) atoms. The fourth-order valence-corrected chi connectivity index (χ4v) is 4.00. The van der Waals surface area contributed by atoms with Crippen LogP contribution in [-0.2, 0) is 28.5 Å². The summed E-state index contributed by atoms with van der Waals surface area (Å²) in [7, 11) is 0. The summed E-state index contributed by atoms with van der Waals surface area (Å²) in [6, 6.07) is -0.406. The van der Waals surface area contributed by atoms with Gasteiger partial charge in [-0.15, -0.1) is 0 Å². The summed E-state index contributed by atoms with van der Waals surface area (Å²) >= 11 is 0. The van der Waals surface area contributed by atoms with E-state index in [-0.39, 0.29) is 31.5 Å². The zero-order chi connectivity index (χ0) is 22.3. The minimum absolute atomic E-state index is 0.0753. The van der Waals surface area contributed by atoms with E-state index in [0.717, 1.165) is 26.2 Å². The second-order valence-corrected chi connectivity index (χ2v) is 7.97. The van der Waals surface area contributed by atoms with E-state index in [1.54, 1.807) is 0 Å². The molecule has 3 rings (SSSR count). The number of rotatable bonds is 11. The molecular weight excluding hydrogens is 410 g/mol. The lowest BCUT2D eigenvalue weighted by atomic mass is 9.87. The molecule has 2 bridgehead atoms. The van der Waals surface area contributed by atoms with E-state index in [4.69, 9.17) is 18.9 Å². The van der Waals surface area contributed by atoms with Crippen molar-refractivity contribution in [3.63, 3.8) is 0 Å². The Labute approximate surface area is 181 Å². The fraction of sp³-hybridized carbons (Fsp3) is 0.800. The monoisotopic (exact) mass is 443 g/mol. The Bertz CT molecular complexity index is 642. The number of hydrogen-bond donors (Lipinski definition) is 4. The van der Waals surface area contributed by atoms with E-state index in [9.17, 15) is 19.8 Å². The van der Waals surface area contributed by atoms with Crippen molar-refractivity contribution >= 4 is 11.7 Å². The maximum Gasteiger partial charge on any atom is 0.244 e. The number of nitrogens with zero attached hydrogens (tertiary/aromatic N) is 1. The summed E-state index contributed by atoms with van der Waals surface area (Å²) in [6.45, 7) is 5.90. The Morgan fingerprint density at radius 2 is 1.94 bits per heavy atom. The van der Waals surface area contributed by atoms with Crippen LogP contribution in [0.3, 0.4) is 0 Å². The molecule has 0 aromatic rings. The van der Waals surface area contributed by atoms with Gasteiger partial charge in [0, 0.05) is 38.8 Å². The standard InChI is InChI=1S/C20H33N3O8/c1-14(24)2-3-15(25)22-6-9-28-10-11-29-12-20-13-30-19(31-20)16(17(26)18(20)27)23-7-4-21-5-8-23/h2-3,16-19,21,26-27H,4-13H2,1H3,(H,22,25)/b3-2+/t16-,17-,18-,19+,20+/m1/s1. The van der Waals surface area contributed by atoms with Gasteiger partial charge in [0.05, 0.1) is 39.1 Å². The molecule has 1 amide bonds. The topological polar surface area (TPSA) is 139 Å². The first-order valence-electron chi connectivity index (χ1n) is 10.7. The lowest BCUT2D eigenvalue weighted by molar-refractivity contribution is -0.256. The van der Waals surface area contributed by atoms with E-state index in [2.05, 4.69) is 15.5 Å². The average molecular weight is 443 g/mol. The molecule has 176 valence electrons. The third-order valence-corrected chi connectivity index (χ3v) is 5.64. The first kappa shape index (κ1) is 24.2. The van der Waals surface area contributed by atoms with E-state index < -0.39 is 30.1 Å². The Morgan fingerprint density at radius 3 is 2.68 bits per heavy atom. The summed E-state index contributed by atoms with van der Waals surface area (Å²) in [5, 5.41) is 27.3. The fourth-order valence-electron chi connectivity index (χ4n) is 4.00. The van der Waals surface area contributed by atoms with Crippen LogP contribution in [0.25, 0.3) is 0 Å². The lowest BCUT2D eigenvalue weighted by Crippen LogP contribution is -2.68. The van der Waals surface area contributed by atoms with Crippen LogP contribution in [0.15, 0.2) is 12.2 Å². The number of fused-ring (bicyclic) bond motifs is 2. The molecule has 0 radical (unpaired) electrons. The minimum Gasteiger partial charge on any atom is -0.388 e. The van der Waals surface area contributed by atoms with Crippen molar-refractivity contribution in [1.82, 2.24) is 15.5 Å². The molecule has 3 heterocycles. The predicted molar refractivity (Wildman–Crippen MR) is 108 cm³/mol. The molecule has 3 saturated heterocycles. The first-order chi connectivity index (χ1) is 14.9. The largest absolute Gasteiger partial charge is 0.388 e. The van der Waals surface area contributed by atoms with Gasteiger partial charge in [0.1, 0.15) is 17.8 Å². The van der Waals surface area contributed by atoms with Crippen LogP contribution in [-0.4, -0.2) is 123 Å². The average Bonchev–Trinajstić information content (AvgIpc) is 3.15. The molecule has 5 atom stereocenters. The van der Waals surface area contributed by atoms with Crippen molar-refractivity contribution in [3.05, 3.63) is 12.2 Å². The molecule has 0 aromatic heterocycles. The highest BCUT2D eigenvalue weighted by Crippen LogP contribution is 2.39. The highest BCUT2D eigenvalue weighted by Gasteiger charge is 2.60. The lowest BCUT2D eigenvalue weighted by Gasteiger charge is -2.47. The van der Waals surface area contributed by atoms with Gasteiger partial charge >= 0.3 is 0 Å². The number of ether oxygens (including phenoxy) is 4. The van der Waals surface area contributed by atoms with E-state index >= 15 is 0 Å². The number of allylic oxidation sites excluding steroid dienone is 1. The Kier molecular flexibility index (Phi) is 8.93. The van der Waals surface area contributed by atoms with Crippen molar-refractivity contribution in [1.29, 1.82) is 0 Å². The Morgan fingerprint density at radius 1 is 1.19 bits per heavy atom. The van der Waals surface area contributed by atoms with Gasteiger partial charge in [-0.2, -0.15) is 0 Å². The molecule has 0 unspecified atom stereocenters. The summed E-state index contributed by atoms with van der Waals surface area (Å²) in [4.78, 5) is 24.3. The van der Waals surface area contributed by atoms with Gasteiger partial charge in [0.25, 0.3) is 0 Å². The zero-order valence-electron chi connectivity index (χ0n) is 17.8. The van der Waals surface area contributed by atoms with Gasteiger partial charge in [-0.05, 0) is 13.0 Å².